The van der Waals surface area contributed by atoms with Gasteiger partial charge >= 0.3 is 5.97 Å². The van der Waals surface area contributed by atoms with Crippen LogP contribution in [0.2, 0.25) is 0 Å². The number of non-ortho nitro benzene ring substituents is 1. The topological polar surface area (TPSA) is 98.5 Å². The number of hydrogen-bond donors (Lipinski definition) is 1. The van der Waals surface area contributed by atoms with Gasteiger partial charge < -0.3 is 10.1 Å². The smallest absolute Gasteiger partial charge is 0.309 e. The Kier molecular flexibility index (Phi) is 3.97. The number of rotatable bonds is 5. The zero-order valence-corrected chi connectivity index (χ0v) is 10.9. The van der Waals surface area contributed by atoms with Crippen molar-refractivity contribution in [3.63, 3.8) is 0 Å². The molecule has 0 heterocycles. The maximum Gasteiger partial charge on any atom is 0.309 e. The van der Waals surface area contributed by atoms with Crippen molar-refractivity contribution < 1.29 is 19.2 Å². The first-order valence-corrected chi connectivity index (χ1v) is 6.18. The van der Waals surface area contributed by atoms with Crippen molar-refractivity contribution in [2.75, 3.05) is 11.9 Å². The lowest BCUT2D eigenvalue weighted by Crippen LogP contribution is -2.21. The van der Waals surface area contributed by atoms with Crippen LogP contribution in [0.1, 0.15) is 13.3 Å². The molecule has 1 fully saturated rings. The van der Waals surface area contributed by atoms with Crippen molar-refractivity contribution in [3.05, 3.63) is 34.4 Å². The van der Waals surface area contributed by atoms with Crippen molar-refractivity contribution in [1.82, 2.24) is 0 Å². The number of anilines is 1. The number of hydrogen-bond acceptors (Lipinski definition) is 5. The van der Waals surface area contributed by atoms with E-state index >= 15 is 0 Å². The van der Waals surface area contributed by atoms with Crippen LogP contribution in [0.25, 0.3) is 0 Å². The number of carbonyl (C=O) groups excluding carboxylic acids is 2. The van der Waals surface area contributed by atoms with E-state index in [1.807, 2.05) is 6.92 Å². The second-order valence-electron chi connectivity index (χ2n) is 4.78. The lowest BCUT2D eigenvalue weighted by Gasteiger charge is -2.06. The molecule has 1 aliphatic carbocycles. The van der Waals surface area contributed by atoms with Gasteiger partial charge in [0.25, 0.3) is 11.6 Å². The molecule has 20 heavy (non-hydrogen) atoms. The number of carbonyl (C=O) groups is 2. The summed E-state index contributed by atoms with van der Waals surface area (Å²) in [5, 5.41) is 13.0. The number of nitro groups is 1. The molecule has 1 aromatic carbocycles. The molecule has 2 atom stereocenters. The number of benzene rings is 1. The maximum absolute atomic E-state index is 11.6. The average molecular weight is 278 g/mol. The molecule has 2 rings (SSSR count). The summed E-state index contributed by atoms with van der Waals surface area (Å²) in [6, 6.07) is 5.55. The summed E-state index contributed by atoms with van der Waals surface area (Å²) in [6.07, 6.45) is 0.797. The molecule has 106 valence electrons. The molecule has 1 aromatic rings. The zero-order valence-electron chi connectivity index (χ0n) is 10.9. The normalized spacial score (nSPS) is 20.1. The monoisotopic (exact) mass is 278 g/mol. The predicted octanol–water partition coefficient (Wildman–Crippen LogP) is 1.73. The summed E-state index contributed by atoms with van der Waals surface area (Å²) >= 11 is 0. The second-order valence-corrected chi connectivity index (χ2v) is 4.78. The first kappa shape index (κ1) is 14.0. The molecular formula is C13H14N2O5. The van der Waals surface area contributed by atoms with Gasteiger partial charge in [-0.3, -0.25) is 19.7 Å². The van der Waals surface area contributed by atoms with Crippen molar-refractivity contribution in [2.45, 2.75) is 13.3 Å². The van der Waals surface area contributed by atoms with Gasteiger partial charge in [-0.05, 0) is 18.4 Å². The first-order valence-electron chi connectivity index (χ1n) is 6.18. The molecular weight excluding hydrogens is 264 g/mol. The zero-order chi connectivity index (χ0) is 14.7. The van der Waals surface area contributed by atoms with E-state index in [0.717, 1.165) is 6.42 Å². The molecule has 0 aromatic heterocycles. The number of nitrogens with zero attached hydrogens (tertiary/aromatic N) is 1. The fourth-order valence-electron chi connectivity index (χ4n) is 1.79. The Balaban J connectivity index is 1.83. The van der Waals surface area contributed by atoms with Crippen molar-refractivity contribution in [2.24, 2.45) is 11.8 Å². The van der Waals surface area contributed by atoms with Gasteiger partial charge in [-0.1, -0.05) is 13.0 Å². The standard InChI is InChI=1S/C13H14N2O5/c1-8-5-11(8)13(17)20-7-12(16)14-9-3-2-4-10(6-9)15(18)19/h2-4,6,8,11H,5,7H2,1H3,(H,14,16)/t8-,11+/m0/s1. The predicted molar refractivity (Wildman–Crippen MR) is 70.0 cm³/mol. The molecule has 0 bridgehead atoms. The van der Waals surface area contributed by atoms with Gasteiger partial charge in [0.1, 0.15) is 0 Å². The van der Waals surface area contributed by atoms with Crippen LogP contribution in [0.4, 0.5) is 11.4 Å². The molecule has 7 nitrogen and oxygen atoms in total. The van der Waals surface area contributed by atoms with Crippen LogP contribution in [0, 0.1) is 22.0 Å². The van der Waals surface area contributed by atoms with Gasteiger partial charge in [-0.25, -0.2) is 0 Å². The average Bonchev–Trinajstić information content (AvgIpc) is 3.13. The summed E-state index contributed by atoms with van der Waals surface area (Å²) in [7, 11) is 0. The summed E-state index contributed by atoms with van der Waals surface area (Å²) in [4.78, 5) is 33.0. The van der Waals surface area contributed by atoms with Crippen molar-refractivity contribution in [3.8, 4) is 0 Å². The van der Waals surface area contributed by atoms with Crippen molar-refractivity contribution >= 4 is 23.3 Å². The van der Waals surface area contributed by atoms with E-state index in [1.54, 1.807) is 0 Å². The van der Waals surface area contributed by atoms with E-state index in [4.69, 9.17) is 4.74 Å². The van der Waals surface area contributed by atoms with Crippen molar-refractivity contribution in [1.29, 1.82) is 0 Å². The molecule has 0 aliphatic heterocycles. The Morgan fingerprint density at radius 1 is 1.50 bits per heavy atom. The molecule has 1 N–H and O–H groups in total. The third-order valence-corrected chi connectivity index (χ3v) is 3.10. The van der Waals surface area contributed by atoms with E-state index in [2.05, 4.69) is 5.32 Å². The van der Waals surface area contributed by atoms with Crippen LogP contribution >= 0.6 is 0 Å². The van der Waals surface area contributed by atoms with E-state index in [0.29, 0.717) is 11.6 Å². The van der Waals surface area contributed by atoms with E-state index in [-0.39, 0.29) is 24.2 Å². The van der Waals surface area contributed by atoms with E-state index < -0.39 is 10.8 Å². The molecule has 0 saturated heterocycles. The van der Waals surface area contributed by atoms with Crippen LogP contribution in [0.3, 0.4) is 0 Å². The van der Waals surface area contributed by atoms with Crippen LogP contribution in [-0.2, 0) is 14.3 Å². The van der Waals surface area contributed by atoms with Crippen LogP contribution in [-0.4, -0.2) is 23.4 Å². The summed E-state index contributed by atoms with van der Waals surface area (Å²) in [5.74, 6) is -0.665. The third kappa shape index (κ3) is 3.53. The number of esters is 1. The Labute approximate surface area is 115 Å². The van der Waals surface area contributed by atoms with Gasteiger partial charge in [0.2, 0.25) is 0 Å². The molecule has 0 radical (unpaired) electrons. The molecule has 1 saturated carbocycles. The van der Waals surface area contributed by atoms with Gasteiger partial charge in [-0.2, -0.15) is 0 Å². The Morgan fingerprint density at radius 2 is 2.20 bits per heavy atom. The highest BCUT2D eigenvalue weighted by Gasteiger charge is 2.40. The summed E-state index contributed by atoms with van der Waals surface area (Å²) in [5.41, 5.74) is 0.173. The number of nitrogens with one attached hydrogen (secondary N) is 1. The Hall–Kier alpha value is -2.44. The number of ether oxygens (including phenoxy) is 1. The van der Waals surface area contributed by atoms with Gasteiger partial charge in [0.15, 0.2) is 6.61 Å². The molecule has 1 amide bonds. The van der Waals surface area contributed by atoms with Crippen LogP contribution in [0.15, 0.2) is 24.3 Å². The number of nitro benzene ring substituents is 1. The lowest BCUT2D eigenvalue weighted by atomic mass is 10.3. The third-order valence-electron chi connectivity index (χ3n) is 3.10. The highest BCUT2D eigenvalue weighted by atomic mass is 16.6. The van der Waals surface area contributed by atoms with Crippen LogP contribution in [0.5, 0.6) is 0 Å². The minimum Gasteiger partial charge on any atom is -0.455 e. The van der Waals surface area contributed by atoms with Crippen LogP contribution < -0.4 is 5.32 Å². The van der Waals surface area contributed by atoms with Gasteiger partial charge in [-0.15, -0.1) is 0 Å². The molecule has 7 heteroatoms. The largest absolute Gasteiger partial charge is 0.455 e. The van der Waals surface area contributed by atoms with Gasteiger partial charge in [0.05, 0.1) is 10.8 Å². The highest BCUT2D eigenvalue weighted by Crippen LogP contribution is 2.38. The lowest BCUT2D eigenvalue weighted by molar-refractivity contribution is -0.384. The molecule has 1 aliphatic rings. The summed E-state index contributed by atoms with van der Waals surface area (Å²) < 4.78 is 4.86. The second kappa shape index (κ2) is 5.68. The SMILES string of the molecule is C[C@H]1C[C@H]1C(=O)OCC(=O)Nc1cccc([N+](=O)[O-])c1. The first-order chi connectivity index (χ1) is 9.47. The number of amides is 1. The minimum absolute atomic E-state index is 0.0967. The quantitative estimate of drug-likeness (QED) is 0.502. The fourth-order valence-corrected chi connectivity index (χ4v) is 1.79. The minimum atomic E-state index is -0.551. The Morgan fingerprint density at radius 3 is 2.80 bits per heavy atom. The molecule has 0 spiro atoms. The van der Waals surface area contributed by atoms with Gasteiger partial charge in [0, 0.05) is 17.8 Å². The highest BCUT2D eigenvalue weighted by molar-refractivity contribution is 5.93. The maximum atomic E-state index is 11.6. The molecule has 0 unspecified atom stereocenters. The Bertz CT molecular complexity index is 557. The summed E-state index contributed by atoms with van der Waals surface area (Å²) in [6.45, 7) is 1.56. The van der Waals surface area contributed by atoms with E-state index in [1.165, 1.54) is 24.3 Å². The van der Waals surface area contributed by atoms with E-state index in [9.17, 15) is 19.7 Å². The fraction of sp³-hybridized carbons (Fsp3) is 0.385.